The van der Waals surface area contributed by atoms with Crippen molar-refractivity contribution in [2.75, 3.05) is 18.8 Å². The number of benzene rings is 2. The minimum Gasteiger partial charge on any atom is -0.467 e. The van der Waals surface area contributed by atoms with E-state index < -0.39 is 0 Å². The molecule has 0 aliphatic heterocycles. The molecule has 0 amide bonds. The second kappa shape index (κ2) is 10.5. The van der Waals surface area contributed by atoms with Crippen LogP contribution in [-0.2, 0) is 9.89 Å². The highest BCUT2D eigenvalue weighted by molar-refractivity contribution is 7.49. The summed E-state index contributed by atoms with van der Waals surface area (Å²) in [5, 5.41) is 1.45. The standard InChI is InChI=1S/C25H38NO2P/c1-9-25(7,21-14-10-11-16-23(21)28-17-27-8)29-24-20(6)13-12-15-22(24)26(18(2)3)19(4)5/h10-16,18-19,29H,9,17H2,1-8H3. The molecule has 0 aliphatic carbocycles. The SMILES string of the molecule is CCC(C)(Pc1c(C)cccc1N(C(C)C)C(C)C)c1ccccc1OCOC. The summed E-state index contributed by atoms with van der Waals surface area (Å²) in [7, 11) is 2.30. The van der Waals surface area contributed by atoms with Crippen molar-refractivity contribution in [3.05, 3.63) is 53.6 Å². The van der Waals surface area contributed by atoms with Gasteiger partial charge >= 0.3 is 0 Å². The van der Waals surface area contributed by atoms with Crippen molar-refractivity contribution in [3.8, 4) is 5.75 Å². The Kier molecular flexibility index (Phi) is 8.55. The molecule has 29 heavy (non-hydrogen) atoms. The molecule has 0 saturated carbocycles. The summed E-state index contributed by atoms with van der Waals surface area (Å²) in [5.74, 6) is 0.922. The van der Waals surface area contributed by atoms with E-state index in [1.165, 1.54) is 22.1 Å². The second-order valence-electron chi connectivity index (χ2n) is 8.42. The second-order valence-corrected chi connectivity index (χ2v) is 10.3. The Labute approximate surface area is 179 Å². The van der Waals surface area contributed by atoms with Crippen LogP contribution in [0.1, 0.15) is 59.1 Å². The van der Waals surface area contributed by atoms with Crippen LogP contribution in [0, 0.1) is 6.92 Å². The minimum absolute atomic E-state index is 0.00910. The fourth-order valence-electron chi connectivity index (χ4n) is 3.98. The van der Waals surface area contributed by atoms with E-state index in [1.807, 2.05) is 6.07 Å². The zero-order valence-electron chi connectivity index (χ0n) is 19.4. The average Bonchev–Trinajstić information content (AvgIpc) is 2.68. The molecule has 2 rings (SSSR count). The predicted molar refractivity (Wildman–Crippen MR) is 128 cm³/mol. The van der Waals surface area contributed by atoms with Crippen molar-refractivity contribution in [1.82, 2.24) is 0 Å². The van der Waals surface area contributed by atoms with Crippen molar-refractivity contribution < 1.29 is 9.47 Å². The van der Waals surface area contributed by atoms with Gasteiger partial charge in [-0.3, -0.25) is 0 Å². The van der Waals surface area contributed by atoms with Gasteiger partial charge in [-0.05, 0) is 64.0 Å². The van der Waals surface area contributed by atoms with Crippen molar-refractivity contribution in [2.24, 2.45) is 0 Å². The highest BCUT2D eigenvalue weighted by atomic mass is 31.1. The number of para-hydroxylation sites is 1. The zero-order chi connectivity index (χ0) is 21.6. The van der Waals surface area contributed by atoms with Gasteiger partial charge in [0.2, 0.25) is 0 Å². The number of nitrogens with zero attached hydrogens (tertiary/aromatic N) is 1. The van der Waals surface area contributed by atoms with E-state index >= 15 is 0 Å². The van der Waals surface area contributed by atoms with Crippen LogP contribution in [0.2, 0.25) is 0 Å². The van der Waals surface area contributed by atoms with Gasteiger partial charge in [0.15, 0.2) is 6.79 Å². The Bertz CT molecular complexity index is 782. The molecule has 160 valence electrons. The predicted octanol–water partition coefficient (Wildman–Crippen LogP) is 6.23. The first kappa shape index (κ1) is 23.7. The normalized spacial score (nSPS) is 14.0. The number of aryl methyl sites for hydroxylation is 1. The van der Waals surface area contributed by atoms with E-state index in [-0.39, 0.29) is 11.9 Å². The molecule has 2 atom stereocenters. The molecule has 0 spiro atoms. The molecule has 0 aromatic heterocycles. The fourth-order valence-corrected chi connectivity index (χ4v) is 5.67. The van der Waals surface area contributed by atoms with Gasteiger partial charge in [-0.2, -0.15) is 0 Å². The van der Waals surface area contributed by atoms with Gasteiger partial charge in [-0.15, -0.1) is 0 Å². The van der Waals surface area contributed by atoms with Crippen molar-refractivity contribution in [3.63, 3.8) is 0 Å². The first-order valence-electron chi connectivity index (χ1n) is 10.6. The van der Waals surface area contributed by atoms with E-state index in [4.69, 9.17) is 9.47 Å². The largest absolute Gasteiger partial charge is 0.467 e. The lowest BCUT2D eigenvalue weighted by atomic mass is 9.96. The maximum Gasteiger partial charge on any atom is 0.188 e. The van der Waals surface area contributed by atoms with Gasteiger partial charge in [-0.25, -0.2) is 0 Å². The summed E-state index contributed by atoms with van der Waals surface area (Å²) in [4.78, 5) is 2.54. The highest BCUT2D eigenvalue weighted by Crippen LogP contribution is 2.49. The van der Waals surface area contributed by atoms with Crippen molar-refractivity contribution >= 4 is 19.6 Å². The Morgan fingerprint density at radius 2 is 1.66 bits per heavy atom. The monoisotopic (exact) mass is 415 g/mol. The lowest BCUT2D eigenvalue weighted by Crippen LogP contribution is -2.40. The van der Waals surface area contributed by atoms with Crippen LogP contribution in [-0.4, -0.2) is 26.0 Å². The van der Waals surface area contributed by atoms with Gasteiger partial charge in [0.25, 0.3) is 0 Å². The van der Waals surface area contributed by atoms with Crippen LogP contribution < -0.4 is 14.9 Å². The maximum atomic E-state index is 5.93. The Morgan fingerprint density at radius 3 is 2.24 bits per heavy atom. The number of hydrogen-bond acceptors (Lipinski definition) is 3. The molecule has 4 heteroatoms. The summed E-state index contributed by atoms with van der Waals surface area (Å²) < 4.78 is 11.1. The molecule has 2 unspecified atom stereocenters. The molecule has 0 bridgehead atoms. The Morgan fingerprint density at radius 1 is 1.00 bits per heavy atom. The van der Waals surface area contributed by atoms with Crippen LogP contribution in [0.25, 0.3) is 0 Å². The molecule has 0 N–H and O–H groups in total. The summed E-state index contributed by atoms with van der Waals surface area (Å²) >= 11 is 0. The van der Waals surface area contributed by atoms with Crippen LogP contribution >= 0.6 is 8.58 Å². The molecule has 0 fully saturated rings. The third-order valence-corrected chi connectivity index (χ3v) is 7.64. The van der Waals surface area contributed by atoms with Crippen LogP contribution in [0.4, 0.5) is 5.69 Å². The van der Waals surface area contributed by atoms with E-state index in [2.05, 4.69) is 89.8 Å². The number of anilines is 1. The molecule has 2 aromatic carbocycles. The van der Waals surface area contributed by atoms with E-state index in [1.54, 1.807) is 7.11 Å². The highest BCUT2D eigenvalue weighted by Gasteiger charge is 2.31. The molecule has 0 heterocycles. The smallest absolute Gasteiger partial charge is 0.188 e. The first-order chi connectivity index (χ1) is 13.7. The molecule has 2 aromatic rings. The lowest BCUT2D eigenvalue weighted by molar-refractivity contribution is 0.0500. The summed E-state index contributed by atoms with van der Waals surface area (Å²) in [6.45, 7) is 16.3. The minimum atomic E-state index is -0.00910. The van der Waals surface area contributed by atoms with Crippen LogP contribution in [0.3, 0.4) is 0 Å². The lowest BCUT2D eigenvalue weighted by Gasteiger charge is -2.38. The molecule has 0 radical (unpaired) electrons. The third-order valence-electron chi connectivity index (χ3n) is 5.56. The Hall–Kier alpha value is -1.57. The number of rotatable bonds is 10. The number of methoxy groups -OCH3 is 1. The third kappa shape index (κ3) is 5.53. The average molecular weight is 416 g/mol. The molecular formula is C25H38NO2P. The fraction of sp³-hybridized carbons (Fsp3) is 0.520. The molecule has 0 saturated heterocycles. The number of hydrogen-bond donors (Lipinski definition) is 0. The van der Waals surface area contributed by atoms with Gasteiger partial charge in [0.05, 0.1) is 0 Å². The zero-order valence-corrected chi connectivity index (χ0v) is 20.4. The van der Waals surface area contributed by atoms with Crippen molar-refractivity contribution in [2.45, 2.75) is 72.1 Å². The molecular weight excluding hydrogens is 377 g/mol. The van der Waals surface area contributed by atoms with Crippen LogP contribution in [0.5, 0.6) is 5.75 Å². The van der Waals surface area contributed by atoms with Gasteiger partial charge < -0.3 is 14.4 Å². The van der Waals surface area contributed by atoms with Gasteiger partial charge in [-0.1, -0.05) is 52.8 Å². The number of ether oxygens (including phenoxy) is 2. The summed E-state index contributed by atoms with van der Waals surface area (Å²) in [6, 6.07) is 16.0. The summed E-state index contributed by atoms with van der Waals surface area (Å²) in [6.07, 6.45) is 1.04. The van der Waals surface area contributed by atoms with Gasteiger partial charge in [0, 0.05) is 35.6 Å². The quantitative estimate of drug-likeness (QED) is 0.339. The molecule has 0 aliphatic rings. The Balaban J connectivity index is 2.54. The van der Waals surface area contributed by atoms with Crippen LogP contribution in [0.15, 0.2) is 42.5 Å². The molecule has 3 nitrogen and oxygen atoms in total. The summed E-state index contributed by atoms with van der Waals surface area (Å²) in [5.41, 5.74) is 3.98. The topological polar surface area (TPSA) is 21.7 Å². The van der Waals surface area contributed by atoms with E-state index in [0.717, 1.165) is 12.2 Å². The van der Waals surface area contributed by atoms with E-state index in [0.29, 0.717) is 20.7 Å². The van der Waals surface area contributed by atoms with E-state index in [9.17, 15) is 0 Å². The van der Waals surface area contributed by atoms with Gasteiger partial charge in [0.1, 0.15) is 5.75 Å². The first-order valence-corrected chi connectivity index (χ1v) is 11.6. The maximum absolute atomic E-state index is 5.93. The van der Waals surface area contributed by atoms with Crippen molar-refractivity contribution in [1.29, 1.82) is 0 Å².